The topological polar surface area (TPSA) is 74.5 Å². The highest BCUT2D eigenvalue weighted by Gasteiger charge is 2.35. The zero-order valence-electron chi connectivity index (χ0n) is 11.9. The fourth-order valence-electron chi connectivity index (χ4n) is 2.60. The van der Waals surface area contributed by atoms with Crippen molar-refractivity contribution < 1.29 is 4.79 Å². The Balaban J connectivity index is 1.61. The Kier molecular flexibility index (Phi) is 3.55. The van der Waals surface area contributed by atoms with Crippen molar-refractivity contribution in [1.82, 2.24) is 15.2 Å². The molecule has 0 aromatic carbocycles. The number of thiazole rings is 1. The molecule has 1 aliphatic carbocycles. The van der Waals surface area contributed by atoms with Crippen LogP contribution in [0.4, 0.5) is 10.9 Å². The van der Waals surface area contributed by atoms with E-state index in [1.807, 2.05) is 19.0 Å². The molecule has 1 aromatic heterocycles. The average Bonchev–Trinajstić information content (AvgIpc) is 3.01. The number of carbonyl (C=O) groups excluding carboxylic acids is 1. The van der Waals surface area contributed by atoms with Crippen LogP contribution in [0.25, 0.3) is 0 Å². The maximum Gasteiger partial charge on any atom is 0.265 e. The lowest BCUT2D eigenvalue weighted by molar-refractivity contribution is 0.0942. The predicted octanol–water partition coefficient (Wildman–Crippen LogP) is 0.758. The Morgan fingerprint density at radius 2 is 2.20 bits per heavy atom. The van der Waals surface area contributed by atoms with Gasteiger partial charge in [0.1, 0.15) is 10.7 Å². The number of rotatable bonds is 4. The van der Waals surface area contributed by atoms with E-state index in [4.69, 9.17) is 5.73 Å². The van der Waals surface area contributed by atoms with Crippen LogP contribution in [0.1, 0.15) is 28.9 Å². The van der Waals surface area contributed by atoms with Gasteiger partial charge >= 0.3 is 0 Å². The molecule has 0 bridgehead atoms. The summed E-state index contributed by atoms with van der Waals surface area (Å²) in [6.07, 6.45) is 3.66. The number of hydrogen-bond donors (Lipinski definition) is 2. The number of anilines is 2. The van der Waals surface area contributed by atoms with Crippen LogP contribution in [-0.4, -0.2) is 55.1 Å². The van der Waals surface area contributed by atoms with Crippen LogP contribution in [-0.2, 0) is 0 Å². The van der Waals surface area contributed by atoms with E-state index in [-0.39, 0.29) is 11.9 Å². The molecule has 1 saturated heterocycles. The highest BCUT2D eigenvalue weighted by molar-refractivity contribution is 7.18. The quantitative estimate of drug-likeness (QED) is 0.858. The molecule has 0 spiro atoms. The van der Waals surface area contributed by atoms with Gasteiger partial charge in [-0.3, -0.25) is 9.69 Å². The van der Waals surface area contributed by atoms with Crippen molar-refractivity contribution in [2.75, 3.05) is 37.8 Å². The van der Waals surface area contributed by atoms with E-state index in [0.29, 0.717) is 10.7 Å². The zero-order valence-corrected chi connectivity index (χ0v) is 12.7. The van der Waals surface area contributed by atoms with Gasteiger partial charge in [-0.05, 0) is 19.3 Å². The first-order valence-corrected chi connectivity index (χ1v) is 7.85. The van der Waals surface area contributed by atoms with Crippen molar-refractivity contribution in [2.24, 2.45) is 0 Å². The first kappa shape index (κ1) is 13.6. The summed E-state index contributed by atoms with van der Waals surface area (Å²) in [5.74, 6) is 0.240. The Hall–Kier alpha value is -1.34. The minimum Gasteiger partial charge on any atom is -0.382 e. The number of aromatic nitrogens is 1. The molecule has 20 heavy (non-hydrogen) atoms. The summed E-state index contributed by atoms with van der Waals surface area (Å²) in [4.78, 5) is 21.4. The fraction of sp³-hybridized carbons (Fsp3) is 0.692. The lowest BCUT2D eigenvalue weighted by Gasteiger charge is -2.15. The van der Waals surface area contributed by atoms with Gasteiger partial charge in [-0.2, -0.15) is 0 Å². The first-order valence-electron chi connectivity index (χ1n) is 7.03. The van der Waals surface area contributed by atoms with Crippen LogP contribution < -0.4 is 16.0 Å². The van der Waals surface area contributed by atoms with Gasteiger partial charge < -0.3 is 16.0 Å². The van der Waals surface area contributed by atoms with Crippen molar-refractivity contribution in [3.8, 4) is 0 Å². The fourth-order valence-corrected chi connectivity index (χ4v) is 3.41. The van der Waals surface area contributed by atoms with Gasteiger partial charge in [0, 0.05) is 39.3 Å². The first-order chi connectivity index (χ1) is 9.54. The zero-order chi connectivity index (χ0) is 14.3. The molecule has 0 radical (unpaired) electrons. The SMILES string of the molecule is CN(C)c1nc(N)c(C(=O)NC2CCN(C3CC3)C2)s1. The number of nitrogens with zero attached hydrogens (tertiary/aromatic N) is 3. The molecule has 1 amide bonds. The molecule has 2 aliphatic rings. The summed E-state index contributed by atoms with van der Waals surface area (Å²) in [6.45, 7) is 2.06. The van der Waals surface area contributed by atoms with Gasteiger partial charge in [0.05, 0.1) is 0 Å². The van der Waals surface area contributed by atoms with Crippen molar-refractivity contribution in [3.63, 3.8) is 0 Å². The monoisotopic (exact) mass is 295 g/mol. The summed E-state index contributed by atoms with van der Waals surface area (Å²) in [7, 11) is 3.79. The second-order valence-electron chi connectivity index (χ2n) is 5.79. The Labute approximate surface area is 123 Å². The maximum atomic E-state index is 12.3. The summed E-state index contributed by atoms with van der Waals surface area (Å²) in [6, 6.07) is 1.01. The highest BCUT2D eigenvalue weighted by Crippen LogP contribution is 2.30. The molecule has 1 saturated carbocycles. The Morgan fingerprint density at radius 3 is 2.80 bits per heavy atom. The summed E-state index contributed by atoms with van der Waals surface area (Å²) in [5, 5.41) is 3.85. The van der Waals surface area contributed by atoms with E-state index >= 15 is 0 Å². The molecule has 7 heteroatoms. The smallest absolute Gasteiger partial charge is 0.265 e. The molecular formula is C13H21N5OS. The molecular weight excluding hydrogens is 274 g/mol. The van der Waals surface area contributed by atoms with Crippen LogP contribution >= 0.6 is 11.3 Å². The Bertz CT molecular complexity index is 511. The van der Waals surface area contributed by atoms with E-state index in [0.717, 1.165) is 30.7 Å². The van der Waals surface area contributed by atoms with E-state index < -0.39 is 0 Å². The van der Waals surface area contributed by atoms with Gasteiger partial charge in [-0.15, -0.1) is 0 Å². The van der Waals surface area contributed by atoms with Gasteiger partial charge in [-0.1, -0.05) is 11.3 Å². The molecule has 2 fully saturated rings. The van der Waals surface area contributed by atoms with Crippen molar-refractivity contribution >= 4 is 28.2 Å². The molecule has 1 atom stereocenters. The van der Waals surface area contributed by atoms with Crippen molar-refractivity contribution in [1.29, 1.82) is 0 Å². The van der Waals surface area contributed by atoms with E-state index in [2.05, 4.69) is 15.2 Å². The normalized spacial score (nSPS) is 23.0. The summed E-state index contributed by atoms with van der Waals surface area (Å²) < 4.78 is 0. The van der Waals surface area contributed by atoms with Crippen molar-refractivity contribution in [2.45, 2.75) is 31.3 Å². The van der Waals surface area contributed by atoms with E-state index in [1.165, 1.54) is 24.2 Å². The second-order valence-corrected chi connectivity index (χ2v) is 6.77. The minimum absolute atomic E-state index is 0.0873. The third-order valence-corrected chi connectivity index (χ3v) is 5.09. The molecule has 1 unspecified atom stereocenters. The summed E-state index contributed by atoms with van der Waals surface area (Å²) in [5.41, 5.74) is 5.84. The van der Waals surface area contributed by atoms with Crippen LogP contribution in [0.3, 0.4) is 0 Å². The maximum absolute atomic E-state index is 12.3. The molecule has 2 heterocycles. The Morgan fingerprint density at radius 1 is 1.45 bits per heavy atom. The minimum atomic E-state index is -0.0873. The number of nitrogens with two attached hydrogens (primary N) is 1. The van der Waals surface area contributed by atoms with Crippen molar-refractivity contribution in [3.05, 3.63) is 4.88 Å². The lowest BCUT2D eigenvalue weighted by Crippen LogP contribution is -2.37. The van der Waals surface area contributed by atoms with Crippen LogP contribution in [0, 0.1) is 0 Å². The van der Waals surface area contributed by atoms with Gasteiger partial charge in [-0.25, -0.2) is 4.98 Å². The van der Waals surface area contributed by atoms with Gasteiger partial charge in [0.15, 0.2) is 5.13 Å². The standard InChI is InChI=1S/C13H21N5OS/c1-17(2)13-16-11(14)10(20-13)12(19)15-8-5-6-18(7-8)9-3-4-9/h8-9H,3-7,14H2,1-2H3,(H,15,19). The van der Waals surface area contributed by atoms with E-state index in [1.54, 1.807) is 0 Å². The summed E-state index contributed by atoms with van der Waals surface area (Å²) >= 11 is 1.34. The van der Waals surface area contributed by atoms with E-state index in [9.17, 15) is 4.79 Å². The molecule has 6 nitrogen and oxygen atoms in total. The molecule has 3 rings (SSSR count). The predicted molar refractivity (Wildman–Crippen MR) is 81.3 cm³/mol. The number of nitrogens with one attached hydrogen (secondary N) is 1. The third-order valence-electron chi connectivity index (χ3n) is 3.85. The van der Waals surface area contributed by atoms with Gasteiger partial charge in [0.2, 0.25) is 0 Å². The molecule has 3 N–H and O–H groups in total. The largest absolute Gasteiger partial charge is 0.382 e. The molecule has 110 valence electrons. The number of likely N-dealkylation sites (tertiary alicyclic amines) is 1. The van der Waals surface area contributed by atoms with Crippen LogP contribution in [0.15, 0.2) is 0 Å². The number of carbonyl (C=O) groups is 1. The number of amides is 1. The number of nitrogen functional groups attached to an aromatic ring is 1. The highest BCUT2D eigenvalue weighted by atomic mass is 32.1. The average molecular weight is 295 g/mol. The van der Waals surface area contributed by atoms with Crippen LogP contribution in [0.2, 0.25) is 0 Å². The van der Waals surface area contributed by atoms with Crippen LogP contribution in [0.5, 0.6) is 0 Å². The van der Waals surface area contributed by atoms with Gasteiger partial charge in [0.25, 0.3) is 5.91 Å². The third kappa shape index (κ3) is 2.73. The molecule has 1 aromatic rings. The number of hydrogen-bond acceptors (Lipinski definition) is 6. The lowest BCUT2D eigenvalue weighted by atomic mass is 10.2. The second kappa shape index (κ2) is 5.21. The molecule has 1 aliphatic heterocycles.